The minimum Gasteiger partial charge on any atom is -0.490 e. The molecule has 4 aliphatic rings. The predicted molar refractivity (Wildman–Crippen MR) is 116 cm³/mol. The summed E-state index contributed by atoms with van der Waals surface area (Å²) in [6, 6.07) is 10.2. The van der Waals surface area contributed by atoms with Gasteiger partial charge in [-0.05, 0) is 92.4 Å². The average Bonchev–Trinajstić information content (AvgIpc) is 3.08. The van der Waals surface area contributed by atoms with Gasteiger partial charge in [-0.3, -0.25) is 4.79 Å². The molecule has 30 heavy (non-hydrogen) atoms. The Labute approximate surface area is 180 Å². The first-order chi connectivity index (χ1) is 14.4. The molecule has 3 saturated carbocycles. The third-order valence-electron chi connectivity index (χ3n) is 9.73. The second-order valence-electron chi connectivity index (χ2n) is 10.8. The highest BCUT2D eigenvalue weighted by molar-refractivity contribution is 5.77. The Bertz CT molecular complexity index is 874. The number of benzene rings is 1. The number of ether oxygens (including phenoxy) is 1. The zero-order valence-corrected chi connectivity index (χ0v) is 18.6. The van der Waals surface area contributed by atoms with Crippen molar-refractivity contribution in [1.82, 2.24) is 4.90 Å². The fourth-order valence-electron chi connectivity index (χ4n) is 8.07. The van der Waals surface area contributed by atoms with Crippen LogP contribution in [0, 0.1) is 39.9 Å². The smallest absolute Gasteiger partial charge is 0.222 e. The molecule has 0 unspecified atom stereocenters. The molecule has 1 amide bonds. The Kier molecular flexibility index (Phi) is 4.65. The van der Waals surface area contributed by atoms with E-state index in [0.717, 1.165) is 49.2 Å². The summed E-state index contributed by atoms with van der Waals surface area (Å²) < 4.78 is 6.53. The summed E-state index contributed by atoms with van der Waals surface area (Å²) in [5.74, 6) is 3.46. The molecule has 3 aliphatic carbocycles. The van der Waals surface area contributed by atoms with E-state index in [2.05, 4.69) is 24.8 Å². The largest absolute Gasteiger partial charge is 0.490 e. The van der Waals surface area contributed by atoms with Gasteiger partial charge in [-0.25, -0.2) is 0 Å². The van der Waals surface area contributed by atoms with Gasteiger partial charge in [0, 0.05) is 24.9 Å². The molecule has 0 N–H and O–H groups in total. The Balaban J connectivity index is 1.36. The summed E-state index contributed by atoms with van der Waals surface area (Å²) in [5, 5.41) is 9.04. The van der Waals surface area contributed by atoms with E-state index in [1.54, 1.807) is 0 Å². The van der Waals surface area contributed by atoms with Gasteiger partial charge in [0.05, 0.1) is 11.6 Å². The van der Waals surface area contributed by atoms with E-state index in [1.165, 1.54) is 25.7 Å². The highest BCUT2D eigenvalue weighted by Gasteiger charge is 2.61. The molecule has 0 spiro atoms. The minimum atomic E-state index is 0.231. The lowest BCUT2D eigenvalue weighted by Gasteiger charge is -2.61. The van der Waals surface area contributed by atoms with Gasteiger partial charge < -0.3 is 9.64 Å². The SMILES string of the molecule is CN1C(=O)CC[C@]2(C)[C@H]3CC[C@]4(C)[C@@H](Oc5ccc(C#N)cc5)CC[C@H]4[C@@H]3CC[C@@H]12. The molecule has 4 heteroatoms. The molecular formula is C26H34N2O2. The summed E-state index contributed by atoms with van der Waals surface area (Å²) in [6.07, 6.45) is 9.34. The molecule has 7 atom stereocenters. The van der Waals surface area contributed by atoms with Crippen molar-refractivity contribution in [2.75, 3.05) is 7.05 Å². The van der Waals surface area contributed by atoms with Gasteiger partial charge in [-0.2, -0.15) is 5.26 Å². The van der Waals surface area contributed by atoms with Crippen molar-refractivity contribution in [1.29, 1.82) is 5.26 Å². The Morgan fingerprint density at radius 2 is 1.73 bits per heavy atom. The fourth-order valence-corrected chi connectivity index (χ4v) is 8.07. The number of rotatable bonds is 2. The standard InChI is InChI=1S/C26H34N2O2/c1-25-15-13-24(29)28(3)22(25)10-8-19-20-9-11-23(26(20,2)14-12-21(19)25)30-18-6-4-17(16-27)5-7-18/h4-7,19-23H,8-15H2,1-3H3/t19-,20-,21-,22+,23-,25+,26-/m0/s1. The summed E-state index contributed by atoms with van der Waals surface area (Å²) in [7, 11) is 2.04. The second-order valence-corrected chi connectivity index (χ2v) is 10.8. The van der Waals surface area contributed by atoms with Crippen LogP contribution in [-0.4, -0.2) is 30.0 Å². The monoisotopic (exact) mass is 406 g/mol. The zero-order valence-electron chi connectivity index (χ0n) is 18.6. The van der Waals surface area contributed by atoms with Crippen LogP contribution in [0.15, 0.2) is 24.3 Å². The Hall–Kier alpha value is -2.02. The van der Waals surface area contributed by atoms with Crippen molar-refractivity contribution in [3.05, 3.63) is 29.8 Å². The molecule has 0 radical (unpaired) electrons. The van der Waals surface area contributed by atoms with Gasteiger partial charge in [0.2, 0.25) is 5.91 Å². The van der Waals surface area contributed by atoms with Crippen LogP contribution in [0.5, 0.6) is 5.75 Å². The highest BCUT2D eigenvalue weighted by Crippen LogP contribution is 2.65. The van der Waals surface area contributed by atoms with Gasteiger partial charge >= 0.3 is 0 Å². The van der Waals surface area contributed by atoms with Crippen LogP contribution in [0.1, 0.15) is 70.8 Å². The minimum absolute atomic E-state index is 0.231. The van der Waals surface area contributed by atoms with E-state index >= 15 is 0 Å². The number of hydrogen-bond acceptors (Lipinski definition) is 3. The Morgan fingerprint density at radius 3 is 2.47 bits per heavy atom. The first kappa shape index (κ1) is 19.9. The third kappa shape index (κ3) is 2.81. The second kappa shape index (κ2) is 7.01. The van der Waals surface area contributed by atoms with Gasteiger partial charge in [-0.15, -0.1) is 0 Å². The van der Waals surface area contributed by atoms with Crippen LogP contribution in [0.3, 0.4) is 0 Å². The van der Waals surface area contributed by atoms with Crippen molar-refractivity contribution >= 4 is 5.91 Å². The van der Waals surface area contributed by atoms with E-state index in [-0.39, 0.29) is 16.9 Å². The Morgan fingerprint density at radius 1 is 1.00 bits per heavy atom. The summed E-state index contributed by atoms with van der Waals surface area (Å²) in [4.78, 5) is 14.4. The third-order valence-corrected chi connectivity index (χ3v) is 9.73. The number of carbonyl (C=O) groups is 1. The van der Waals surface area contributed by atoms with Crippen molar-refractivity contribution in [2.45, 2.75) is 77.4 Å². The molecule has 1 aromatic carbocycles. The van der Waals surface area contributed by atoms with Crippen molar-refractivity contribution in [3.63, 3.8) is 0 Å². The zero-order chi connectivity index (χ0) is 21.1. The number of nitriles is 1. The number of hydrogen-bond donors (Lipinski definition) is 0. The number of amides is 1. The topological polar surface area (TPSA) is 53.3 Å². The predicted octanol–water partition coefficient (Wildman–Crippen LogP) is 5.17. The molecular weight excluding hydrogens is 372 g/mol. The summed E-state index contributed by atoms with van der Waals surface area (Å²) >= 11 is 0. The highest BCUT2D eigenvalue weighted by atomic mass is 16.5. The number of nitrogens with zero attached hydrogens (tertiary/aromatic N) is 2. The number of fused-ring (bicyclic) bond motifs is 5. The maximum Gasteiger partial charge on any atom is 0.222 e. The van der Waals surface area contributed by atoms with Crippen LogP contribution in [-0.2, 0) is 4.79 Å². The van der Waals surface area contributed by atoms with Crippen molar-refractivity contribution in [3.8, 4) is 11.8 Å². The molecule has 1 aromatic rings. The van der Waals surface area contributed by atoms with E-state index in [4.69, 9.17) is 10.00 Å². The van der Waals surface area contributed by atoms with E-state index in [9.17, 15) is 4.79 Å². The molecule has 0 aromatic heterocycles. The molecule has 0 bridgehead atoms. The lowest BCUT2D eigenvalue weighted by atomic mass is 9.47. The van der Waals surface area contributed by atoms with Crippen LogP contribution in [0.25, 0.3) is 0 Å². The number of carbonyl (C=O) groups excluding carboxylic acids is 1. The van der Waals surface area contributed by atoms with Gasteiger partial charge in [0.25, 0.3) is 0 Å². The van der Waals surface area contributed by atoms with Crippen molar-refractivity contribution in [2.24, 2.45) is 28.6 Å². The molecule has 5 rings (SSSR count). The molecule has 160 valence electrons. The van der Waals surface area contributed by atoms with Crippen LogP contribution in [0.2, 0.25) is 0 Å². The first-order valence-corrected chi connectivity index (χ1v) is 11.8. The van der Waals surface area contributed by atoms with Gasteiger partial charge in [0.1, 0.15) is 11.9 Å². The maximum atomic E-state index is 12.3. The lowest BCUT2D eigenvalue weighted by Crippen LogP contribution is -2.61. The molecule has 4 nitrogen and oxygen atoms in total. The molecule has 1 aliphatic heterocycles. The lowest BCUT2D eigenvalue weighted by molar-refractivity contribution is -0.159. The van der Waals surface area contributed by atoms with E-state index in [1.807, 2.05) is 31.3 Å². The van der Waals surface area contributed by atoms with Crippen LogP contribution < -0.4 is 4.74 Å². The van der Waals surface area contributed by atoms with Gasteiger partial charge in [-0.1, -0.05) is 13.8 Å². The van der Waals surface area contributed by atoms with E-state index in [0.29, 0.717) is 17.5 Å². The summed E-state index contributed by atoms with van der Waals surface area (Å²) in [6.45, 7) is 4.96. The first-order valence-electron chi connectivity index (χ1n) is 11.8. The number of piperidine rings is 1. The molecule has 1 heterocycles. The quantitative estimate of drug-likeness (QED) is 0.681. The molecule has 4 fully saturated rings. The maximum absolute atomic E-state index is 12.3. The number of likely N-dealkylation sites (tertiary alicyclic amines) is 1. The summed E-state index contributed by atoms with van der Waals surface area (Å²) in [5.41, 5.74) is 1.19. The normalized spacial score (nSPS) is 42.7. The van der Waals surface area contributed by atoms with Crippen LogP contribution >= 0.6 is 0 Å². The average molecular weight is 407 g/mol. The van der Waals surface area contributed by atoms with E-state index < -0.39 is 0 Å². The fraction of sp³-hybridized carbons (Fsp3) is 0.692. The van der Waals surface area contributed by atoms with Gasteiger partial charge in [0.15, 0.2) is 0 Å². The van der Waals surface area contributed by atoms with Crippen molar-refractivity contribution < 1.29 is 9.53 Å². The molecule has 1 saturated heterocycles. The van der Waals surface area contributed by atoms with Crippen LogP contribution in [0.4, 0.5) is 0 Å².